The van der Waals surface area contributed by atoms with Crippen molar-refractivity contribution in [1.82, 2.24) is 14.7 Å². The Balaban J connectivity index is 1.75. The van der Waals surface area contributed by atoms with E-state index in [9.17, 15) is 4.79 Å². The summed E-state index contributed by atoms with van der Waals surface area (Å²) in [4.78, 5) is 19.1. The summed E-state index contributed by atoms with van der Waals surface area (Å²) in [5.41, 5.74) is 0. The number of rotatable bonds is 4. The van der Waals surface area contributed by atoms with E-state index in [0.717, 1.165) is 25.6 Å². The number of piperidine rings is 1. The summed E-state index contributed by atoms with van der Waals surface area (Å²) in [6.45, 7) is 15.5. The maximum absolute atomic E-state index is 11.9. The van der Waals surface area contributed by atoms with Crippen LogP contribution in [0, 0.1) is 5.92 Å². The third-order valence-corrected chi connectivity index (χ3v) is 5.23. The van der Waals surface area contributed by atoms with Gasteiger partial charge in [0, 0.05) is 44.7 Å². The molecule has 0 aromatic carbocycles. The van der Waals surface area contributed by atoms with Gasteiger partial charge in [0.05, 0.1) is 0 Å². The number of hydrogen-bond acceptors (Lipinski definition) is 3. The molecule has 2 aliphatic rings. The molecule has 0 aromatic heterocycles. The van der Waals surface area contributed by atoms with Crippen molar-refractivity contribution in [1.29, 1.82) is 0 Å². The Hall–Kier alpha value is -0.610. The number of likely N-dealkylation sites (tertiary alicyclic amines) is 1. The molecule has 1 amide bonds. The van der Waals surface area contributed by atoms with Crippen LogP contribution in [0.2, 0.25) is 0 Å². The molecule has 4 heteroatoms. The van der Waals surface area contributed by atoms with Crippen LogP contribution < -0.4 is 0 Å². The molecule has 1 atom stereocenters. The van der Waals surface area contributed by atoms with Gasteiger partial charge in [-0.1, -0.05) is 6.92 Å². The van der Waals surface area contributed by atoms with E-state index in [4.69, 9.17) is 0 Å². The SMILES string of the molecule is CCC(=O)N1CCN(CC2CCN(C(C)C)CC2)C[C@@H]1C. The Morgan fingerprint density at radius 2 is 1.81 bits per heavy atom. The fourth-order valence-electron chi connectivity index (χ4n) is 3.79. The quantitative estimate of drug-likeness (QED) is 0.794. The highest BCUT2D eigenvalue weighted by Crippen LogP contribution is 2.21. The molecule has 0 aromatic rings. The number of hydrogen-bond donors (Lipinski definition) is 0. The molecular weight excluding hydrogens is 262 g/mol. The Morgan fingerprint density at radius 1 is 1.14 bits per heavy atom. The third-order valence-electron chi connectivity index (χ3n) is 5.23. The lowest BCUT2D eigenvalue weighted by molar-refractivity contribution is -0.135. The van der Waals surface area contributed by atoms with E-state index in [1.807, 2.05) is 6.92 Å². The average molecular weight is 295 g/mol. The maximum atomic E-state index is 11.9. The van der Waals surface area contributed by atoms with Gasteiger partial charge in [-0.05, 0) is 52.6 Å². The second-order valence-corrected chi connectivity index (χ2v) is 7.12. The Kier molecular flexibility index (Phi) is 6.06. The minimum absolute atomic E-state index is 0.312. The maximum Gasteiger partial charge on any atom is 0.222 e. The van der Waals surface area contributed by atoms with Gasteiger partial charge in [0.2, 0.25) is 5.91 Å². The normalized spacial score (nSPS) is 26.5. The predicted molar refractivity (Wildman–Crippen MR) is 87.3 cm³/mol. The number of carbonyl (C=O) groups is 1. The van der Waals surface area contributed by atoms with E-state index in [1.54, 1.807) is 0 Å². The zero-order chi connectivity index (χ0) is 15.4. The molecule has 0 unspecified atom stereocenters. The van der Waals surface area contributed by atoms with Crippen LogP contribution in [0.15, 0.2) is 0 Å². The summed E-state index contributed by atoms with van der Waals surface area (Å²) < 4.78 is 0. The van der Waals surface area contributed by atoms with Crippen molar-refractivity contribution in [2.24, 2.45) is 5.92 Å². The number of nitrogens with zero attached hydrogens (tertiary/aromatic N) is 3. The van der Waals surface area contributed by atoms with Crippen LogP contribution >= 0.6 is 0 Å². The smallest absolute Gasteiger partial charge is 0.222 e. The highest BCUT2D eigenvalue weighted by molar-refractivity contribution is 5.76. The lowest BCUT2D eigenvalue weighted by atomic mass is 9.95. The van der Waals surface area contributed by atoms with E-state index >= 15 is 0 Å². The van der Waals surface area contributed by atoms with Crippen molar-refractivity contribution >= 4 is 5.91 Å². The van der Waals surface area contributed by atoms with Gasteiger partial charge in [0.25, 0.3) is 0 Å². The van der Waals surface area contributed by atoms with Crippen molar-refractivity contribution in [3.05, 3.63) is 0 Å². The van der Waals surface area contributed by atoms with E-state index < -0.39 is 0 Å². The van der Waals surface area contributed by atoms with Gasteiger partial charge >= 0.3 is 0 Å². The summed E-state index contributed by atoms with van der Waals surface area (Å²) in [7, 11) is 0. The molecule has 0 aliphatic carbocycles. The van der Waals surface area contributed by atoms with Crippen molar-refractivity contribution in [2.45, 2.75) is 59.0 Å². The first-order valence-corrected chi connectivity index (χ1v) is 8.77. The van der Waals surface area contributed by atoms with Gasteiger partial charge in [0.1, 0.15) is 0 Å². The number of amides is 1. The first-order valence-electron chi connectivity index (χ1n) is 8.77. The molecule has 0 radical (unpaired) electrons. The molecule has 4 nitrogen and oxygen atoms in total. The zero-order valence-corrected chi connectivity index (χ0v) is 14.3. The highest BCUT2D eigenvalue weighted by Gasteiger charge is 2.29. The average Bonchev–Trinajstić information content (AvgIpc) is 2.47. The number of carbonyl (C=O) groups excluding carboxylic acids is 1. The lowest BCUT2D eigenvalue weighted by Crippen LogP contribution is -2.55. The second kappa shape index (κ2) is 7.59. The van der Waals surface area contributed by atoms with Crippen molar-refractivity contribution < 1.29 is 4.79 Å². The molecule has 0 spiro atoms. The summed E-state index contributed by atoms with van der Waals surface area (Å²) in [6.07, 6.45) is 3.30. The van der Waals surface area contributed by atoms with Gasteiger partial charge in [-0.15, -0.1) is 0 Å². The predicted octanol–water partition coefficient (Wildman–Crippen LogP) is 2.05. The fourth-order valence-corrected chi connectivity index (χ4v) is 3.79. The van der Waals surface area contributed by atoms with Crippen molar-refractivity contribution in [3.63, 3.8) is 0 Å². The van der Waals surface area contributed by atoms with Crippen LogP contribution in [0.4, 0.5) is 0 Å². The summed E-state index contributed by atoms with van der Waals surface area (Å²) in [5, 5.41) is 0. The topological polar surface area (TPSA) is 26.8 Å². The van der Waals surface area contributed by atoms with E-state index in [1.165, 1.54) is 32.5 Å². The van der Waals surface area contributed by atoms with Crippen LogP contribution in [0.1, 0.15) is 47.0 Å². The van der Waals surface area contributed by atoms with Crippen molar-refractivity contribution in [2.75, 3.05) is 39.3 Å². The molecule has 0 bridgehead atoms. The third kappa shape index (κ3) is 4.43. The largest absolute Gasteiger partial charge is 0.337 e. The first kappa shape index (κ1) is 16.8. The minimum Gasteiger partial charge on any atom is -0.337 e. The Labute approximate surface area is 130 Å². The van der Waals surface area contributed by atoms with Gasteiger partial charge < -0.3 is 9.80 Å². The monoisotopic (exact) mass is 295 g/mol. The van der Waals surface area contributed by atoms with Gasteiger partial charge in [-0.25, -0.2) is 0 Å². The minimum atomic E-state index is 0.312. The molecule has 0 N–H and O–H groups in total. The highest BCUT2D eigenvalue weighted by atomic mass is 16.2. The van der Waals surface area contributed by atoms with Crippen LogP contribution in [-0.4, -0.2) is 72.0 Å². The Bertz CT molecular complexity index is 337. The molecule has 122 valence electrons. The lowest BCUT2D eigenvalue weighted by Gasteiger charge is -2.42. The van der Waals surface area contributed by atoms with Gasteiger partial charge in [-0.3, -0.25) is 9.69 Å². The Morgan fingerprint density at radius 3 is 2.33 bits per heavy atom. The molecule has 2 heterocycles. The molecular formula is C17H33N3O. The van der Waals surface area contributed by atoms with E-state index in [0.29, 0.717) is 24.4 Å². The molecule has 2 aliphatic heterocycles. The molecule has 0 saturated carbocycles. The summed E-state index contributed by atoms with van der Waals surface area (Å²) in [5.74, 6) is 1.16. The number of piperazine rings is 1. The standard InChI is InChI=1S/C17H33N3O/c1-5-17(21)20-11-10-18(12-15(20)4)13-16-6-8-19(9-7-16)14(2)3/h14-16H,5-13H2,1-4H3/t15-/m0/s1. The molecule has 2 rings (SSSR count). The van der Waals surface area contributed by atoms with Gasteiger partial charge in [-0.2, -0.15) is 0 Å². The zero-order valence-electron chi connectivity index (χ0n) is 14.3. The van der Waals surface area contributed by atoms with Crippen LogP contribution in [0.25, 0.3) is 0 Å². The van der Waals surface area contributed by atoms with Crippen molar-refractivity contribution in [3.8, 4) is 0 Å². The van der Waals surface area contributed by atoms with Crippen LogP contribution in [0.5, 0.6) is 0 Å². The molecule has 2 saturated heterocycles. The second-order valence-electron chi connectivity index (χ2n) is 7.12. The summed E-state index contributed by atoms with van der Waals surface area (Å²) in [6, 6.07) is 1.07. The fraction of sp³-hybridized carbons (Fsp3) is 0.941. The van der Waals surface area contributed by atoms with Crippen LogP contribution in [-0.2, 0) is 4.79 Å². The molecule has 2 fully saturated rings. The van der Waals surface area contributed by atoms with Crippen LogP contribution in [0.3, 0.4) is 0 Å². The van der Waals surface area contributed by atoms with Gasteiger partial charge in [0.15, 0.2) is 0 Å². The summed E-state index contributed by atoms with van der Waals surface area (Å²) >= 11 is 0. The van der Waals surface area contributed by atoms with E-state index in [-0.39, 0.29) is 0 Å². The molecule has 21 heavy (non-hydrogen) atoms. The first-order chi connectivity index (χ1) is 10.0. The van der Waals surface area contributed by atoms with E-state index in [2.05, 4.69) is 35.5 Å².